The zero-order chi connectivity index (χ0) is 17.7. The van der Waals surface area contributed by atoms with Crippen molar-refractivity contribution < 1.29 is 19.0 Å². The largest absolute Gasteiger partial charge is 0.493 e. The van der Waals surface area contributed by atoms with Gasteiger partial charge in [0.2, 0.25) is 0 Å². The molecule has 0 unspecified atom stereocenters. The lowest BCUT2D eigenvalue weighted by atomic mass is 10.1. The first-order valence-corrected chi connectivity index (χ1v) is 8.40. The van der Waals surface area contributed by atoms with Crippen molar-refractivity contribution in [3.63, 3.8) is 0 Å². The van der Waals surface area contributed by atoms with Crippen molar-refractivity contribution in [1.29, 1.82) is 0 Å². The maximum atomic E-state index is 11.8. The summed E-state index contributed by atoms with van der Waals surface area (Å²) in [6.45, 7) is 4.66. The number of rotatable bonds is 7. The van der Waals surface area contributed by atoms with Crippen molar-refractivity contribution in [2.45, 2.75) is 26.8 Å². The lowest BCUT2D eigenvalue weighted by Gasteiger charge is -2.12. The number of imidazole rings is 1. The summed E-state index contributed by atoms with van der Waals surface area (Å²) in [6.07, 6.45) is 2.41. The monoisotopic (exact) mass is 396 g/mol. The van der Waals surface area contributed by atoms with E-state index in [1.165, 1.54) is 0 Å². The summed E-state index contributed by atoms with van der Waals surface area (Å²) >= 11 is 3.56. The first-order valence-electron chi connectivity index (χ1n) is 7.61. The molecule has 1 aromatic carbocycles. The molecule has 0 fully saturated rings. The van der Waals surface area contributed by atoms with Gasteiger partial charge < -0.3 is 18.8 Å². The third-order valence-electron chi connectivity index (χ3n) is 3.74. The summed E-state index contributed by atoms with van der Waals surface area (Å²) in [5, 5.41) is 0. The van der Waals surface area contributed by atoms with E-state index in [4.69, 9.17) is 14.2 Å². The number of aryl methyl sites for hydroxylation is 2. The predicted molar refractivity (Wildman–Crippen MR) is 93.9 cm³/mol. The zero-order valence-electron chi connectivity index (χ0n) is 14.3. The molecule has 130 valence electrons. The highest BCUT2D eigenvalue weighted by Crippen LogP contribution is 2.33. The molecule has 0 saturated carbocycles. The molecule has 6 nitrogen and oxygen atoms in total. The molecule has 0 aliphatic carbocycles. The third kappa shape index (κ3) is 3.90. The lowest BCUT2D eigenvalue weighted by Crippen LogP contribution is -2.09. The van der Waals surface area contributed by atoms with Gasteiger partial charge in [0, 0.05) is 16.7 Å². The average Bonchev–Trinajstić information content (AvgIpc) is 2.94. The first kappa shape index (κ1) is 18.3. The summed E-state index contributed by atoms with van der Waals surface area (Å²) in [5.41, 5.74) is 2.24. The molecule has 0 aliphatic rings. The van der Waals surface area contributed by atoms with E-state index in [9.17, 15) is 4.79 Å². The molecule has 0 amide bonds. The van der Waals surface area contributed by atoms with Gasteiger partial charge in [0.25, 0.3) is 0 Å². The van der Waals surface area contributed by atoms with Crippen LogP contribution in [0.1, 0.15) is 28.7 Å². The Bertz CT molecular complexity index is 728. The highest BCUT2D eigenvalue weighted by molar-refractivity contribution is 9.10. The Morgan fingerprint density at radius 3 is 2.54 bits per heavy atom. The van der Waals surface area contributed by atoms with Crippen molar-refractivity contribution in [2.75, 3.05) is 20.8 Å². The van der Waals surface area contributed by atoms with Crippen LogP contribution in [0.15, 0.2) is 22.9 Å². The summed E-state index contributed by atoms with van der Waals surface area (Å²) in [6, 6.07) is 3.83. The Balaban J connectivity index is 2.15. The standard InChI is InChI=1S/C17H21BrN2O4/c1-5-24-17(21)16-11(2)20(10-19-16)7-6-12-8-14(22-3)15(23-4)9-13(12)18/h8-10H,5-7H2,1-4H3. The molecule has 0 spiro atoms. The van der Waals surface area contributed by atoms with Crippen LogP contribution in [0.3, 0.4) is 0 Å². The van der Waals surface area contributed by atoms with Gasteiger partial charge in [0.05, 0.1) is 27.2 Å². The van der Waals surface area contributed by atoms with Crippen LogP contribution in [0.5, 0.6) is 11.5 Å². The number of aromatic nitrogens is 2. The molecule has 0 N–H and O–H groups in total. The van der Waals surface area contributed by atoms with Crippen LogP contribution in [0.4, 0.5) is 0 Å². The first-order chi connectivity index (χ1) is 11.5. The van der Waals surface area contributed by atoms with Crippen LogP contribution in [0.25, 0.3) is 0 Å². The molecule has 0 saturated heterocycles. The van der Waals surface area contributed by atoms with Gasteiger partial charge in [-0.05, 0) is 38.0 Å². The number of hydrogen-bond acceptors (Lipinski definition) is 5. The number of ether oxygens (including phenoxy) is 3. The van der Waals surface area contributed by atoms with Crippen molar-refractivity contribution in [1.82, 2.24) is 9.55 Å². The van der Waals surface area contributed by atoms with Crippen LogP contribution in [-0.4, -0.2) is 36.3 Å². The average molecular weight is 397 g/mol. The second-order valence-corrected chi connectivity index (χ2v) is 6.00. The Labute approximate surface area is 149 Å². The number of benzene rings is 1. The molecule has 24 heavy (non-hydrogen) atoms. The highest BCUT2D eigenvalue weighted by atomic mass is 79.9. The number of carbonyl (C=O) groups is 1. The van der Waals surface area contributed by atoms with Gasteiger partial charge in [-0.3, -0.25) is 0 Å². The quantitative estimate of drug-likeness (QED) is 0.671. The van der Waals surface area contributed by atoms with Crippen molar-refractivity contribution in [3.8, 4) is 11.5 Å². The fourth-order valence-electron chi connectivity index (χ4n) is 2.40. The maximum absolute atomic E-state index is 11.8. The minimum atomic E-state index is -0.388. The van der Waals surface area contributed by atoms with E-state index in [0.717, 1.165) is 22.2 Å². The van der Waals surface area contributed by atoms with E-state index >= 15 is 0 Å². The molecule has 0 atom stereocenters. The molecule has 0 radical (unpaired) electrons. The summed E-state index contributed by atoms with van der Waals surface area (Å²) in [7, 11) is 3.22. The maximum Gasteiger partial charge on any atom is 0.358 e. The van der Waals surface area contributed by atoms with E-state index in [2.05, 4.69) is 20.9 Å². The fourth-order valence-corrected chi connectivity index (χ4v) is 2.92. The third-order valence-corrected chi connectivity index (χ3v) is 4.48. The number of halogens is 1. The van der Waals surface area contributed by atoms with E-state index in [1.54, 1.807) is 27.5 Å². The molecule has 1 aromatic heterocycles. The van der Waals surface area contributed by atoms with Gasteiger partial charge in [0.1, 0.15) is 0 Å². The van der Waals surface area contributed by atoms with Crippen LogP contribution < -0.4 is 9.47 Å². The normalized spacial score (nSPS) is 10.5. The number of hydrogen-bond donors (Lipinski definition) is 0. The van der Waals surface area contributed by atoms with Gasteiger partial charge in [-0.1, -0.05) is 15.9 Å². The number of esters is 1. The molecule has 1 heterocycles. The predicted octanol–water partition coefficient (Wildman–Crippen LogP) is 3.39. The summed E-state index contributed by atoms with van der Waals surface area (Å²) in [5.74, 6) is 0.975. The SMILES string of the molecule is CCOC(=O)c1ncn(CCc2cc(OC)c(OC)cc2Br)c1C. The van der Waals surface area contributed by atoms with Gasteiger partial charge in [-0.15, -0.1) is 0 Å². The molecular formula is C17H21BrN2O4. The van der Waals surface area contributed by atoms with E-state index in [1.807, 2.05) is 23.6 Å². The van der Waals surface area contributed by atoms with E-state index in [0.29, 0.717) is 30.3 Å². The number of methoxy groups -OCH3 is 2. The van der Waals surface area contributed by atoms with Crippen molar-refractivity contribution >= 4 is 21.9 Å². The highest BCUT2D eigenvalue weighted by Gasteiger charge is 2.16. The molecule has 0 bridgehead atoms. The molecule has 2 rings (SSSR count). The number of nitrogens with zero attached hydrogens (tertiary/aromatic N) is 2. The molecule has 0 aliphatic heterocycles. The van der Waals surface area contributed by atoms with Gasteiger partial charge in [-0.2, -0.15) is 0 Å². The van der Waals surface area contributed by atoms with Crippen LogP contribution >= 0.6 is 15.9 Å². The van der Waals surface area contributed by atoms with Crippen LogP contribution in [-0.2, 0) is 17.7 Å². The Hall–Kier alpha value is -2.02. The summed E-state index contributed by atoms with van der Waals surface area (Å²) < 4.78 is 18.5. The van der Waals surface area contributed by atoms with Crippen LogP contribution in [0, 0.1) is 6.92 Å². The van der Waals surface area contributed by atoms with Crippen molar-refractivity contribution in [2.24, 2.45) is 0 Å². The smallest absolute Gasteiger partial charge is 0.358 e. The second kappa shape index (κ2) is 8.19. The van der Waals surface area contributed by atoms with Gasteiger partial charge >= 0.3 is 5.97 Å². The Morgan fingerprint density at radius 2 is 1.92 bits per heavy atom. The molecule has 7 heteroatoms. The van der Waals surface area contributed by atoms with Crippen LogP contribution in [0.2, 0.25) is 0 Å². The van der Waals surface area contributed by atoms with Gasteiger partial charge in [0.15, 0.2) is 17.2 Å². The minimum absolute atomic E-state index is 0.337. The minimum Gasteiger partial charge on any atom is -0.493 e. The topological polar surface area (TPSA) is 62.6 Å². The van der Waals surface area contributed by atoms with Crippen molar-refractivity contribution in [3.05, 3.63) is 39.9 Å². The lowest BCUT2D eigenvalue weighted by molar-refractivity contribution is 0.0519. The van der Waals surface area contributed by atoms with E-state index in [-0.39, 0.29) is 5.97 Å². The Kier molecular flexibility index (Phi) is 6.25. The van der Waals surface area contributed by atoms with E-state index < -0.39 is 0 Å². The Morgan fingerprint density at radius 1 is 1.25 bits per heavy atom. The number of carbonyl (C=O) groups excluding carboxylic acids is 1. The fraction of sp³-hybridized carbons (Fsp3) is 0.412. The zero-order valence-corrected chi connectivity index (χ0v) is 15.8. The summed E-state index contributed by atoms with van der Waals surface area (Å²) in [4.78, 5) is 16.0. The molecule has 2 aromatic rings. The van der Waals surface area contributed by atoms with Gasteiger partial charge in [-0.25, -0.2) is 9.78 Å². The molecular weight excluding hydrogens is 376 g/mol. The second-order valence-electron chi connectivity index (χ2n) is 5.14.